The molecule has 0 radical (unpaired) electrons. The molecule has 1 aliphatic rings. The number of hydrogen-bond acceptors (Lipinski definition) is 4. The average molecular weight is 269 g/mol. The smallest absolute Gasteiger partial charge is 0.240 e. The zero-order chi connectivity index (χ0) is 13.2. The molecule has 0 aromatic heterocycles. The molecule has 1 aromatic carbocycles. The van der Waals surface area contributed by atoms with Gasteiger partial charge in [-0.2, -0.15) is 0 Å². The molecule has 3 N–H and O–H groups in total. The molecule has 1 amide bonds. The van der Waals surface area contributed by atoms with Crippen molar-refractivity contribution < 1.29 is 13.2 Å². The molecular weight excluding hydrogens is 254 g/mol. The van der Waals surface area contributed by atoms with Crippen molar-refractivity contribution >= 4 is 21.6 Å². The largest absolute Gasteiger partial charge is 0.326 e. The van der Waals surface area contributed by atoms with E-state index in [0.717, 1.165) is 0 Å². The van der Waals surface area contributed by atoms with Crippen LogP contribution in [0.4, 0.5) is 5.69 Å². The molecule has 98 valence electrons. The molecule has 1 fully saturated rings. The number of sulfonamides is 1. The van der Waals surface area contributed by atoms with Gasteiger partial charge in [0.15, 0.2) is 0 Å². The van der Waals surface area contributed by atoms with Crippen LogP contribution in [-0.4, -0.2) is 34.5 Å². The van der Waals surface area contributed by atoms with Crippen LogP contribution >= 0.6 is 0 Å². The van der Waals surface area contributed by atoms with E-state index in [2.05, 4.69) is 15.4 Å². The fraction of sp³-hybridized carbons (Fsp3) is 0.364. The van der Waals surface area contributed by atoms with Crippen molar-refractivity contribution in [3.8, 4) is 0 Å². The standard InChI is InChI=1S/C11H15N3O3S/c1-12-18(16,17)10-4-2-9(3-5-10)14-11(15)8-6-13-7-8/h2-5,8,12-13H,6-7H2,1H3,(H,14,15). The van der Waals surface area contributed by atoms with E-state index in [4.69, 9.17) is 0 Å². The van der Waals surface area contributed by atoms with Gasteiger partial charge < -0.3 is 10.6 Å². The predicted octanol–water partition coefficient (Wildman–Crippen LogP) is -0.247. The zero-order valence-corrected chi connectivity index (χ0v) is 10.8. The first kappa shape index (κ1) is 13.0. The fourth-order valence-electron chi connectivity index (χ4n) is 1.55. The maximum Gasteiger partial charge on any atom is 0.240 e. The molecule has 0 saturated carbocycles. The number of carbonyl (C=O) groups is 1. The summed E-state index contributed by atoms with van der Waals surface area (Å²) in [6.45, 7) is 1.39. The monoisotopic (exact) mass is 269 g/mol. The third kappa shape index (κ3) is 2.69. The van der Waals surface area contributed by atoms with E-state index in [-0.39, 0.29) is 16.7 Å². The minimum absolute atomic E-state index is 0.00529. The molecule has 0 bridgehead atoms. The molecule has 7 heteroatoms. The van der Waals surface area contributed by atoms with Gasteiger partial charge in [0.05, 0.1) is 10.8 Å². The van der Waals surface area contributed by atoms with Crippen LogP contribution in [0.2, 0.25) is 0 Å². The summed E-state index contributed by atoms with van der Waals surface area (Å²) in [5.41, 5.74) is 0.599. The van der Waals surface area contributed by atoms with Gasteiger partial charge in [-0.3, -0.25) is 4.79 Å². The van der Waals surface area contributed by atoms with E-state index in [1.807, 2.05) is 0 Å². The van der Waals surface area contributed by atoms with E-state index < -0.39 is 10.0 Å². The van der Waals surface area contributed by atoms with E-state index >= 15 is 0 Å². The van der Waals surface area contributed by atoms with Crippen LogP contribution in [0.1, 0.15) is 0 Å². The first-order chi connectivity index (χ1) is 8.53. The summed E-state index contributed by atoms with van der Waals surface area (Å²) in [6.07, 6.45) is 0. The van der Waals surface area contributed by atoms with Crippen molar-refractivity contribution in [1.29, 1.82) is 0 Å². The van der Waals surface area contributed by atoms with Crippen LogP contribution in [0, 0.1) is 5.92 Å². The van der Waals surface area contributed by atoms with Crippen LogP contribution in [0.3, 0.4) is 0 Å². The molecule has 6 nitrogen and oxygen atoms in total. The molecule has 18 heavy (non-hydrogen) atoms. The van der Waals surface area contributed by atoms with Gasteiger partial charge in [-0.15, -0.1) is 0 Å². The van der Waals surface area contributed by atoms with Crippen LogP contribution in [0.15, 0.2) is 29.2 Å². The third-order valence-electron chi connectivity index (χ3n) is 2.85. The summed E-state index contributed by atoms with van der Waals surface area (Å²) in [7, 11) is -2.07. The lowest BCUT2D eigenvalue weighted by atomic mass is 10.0. The summed E-state index contributed by atoms with van der Waals surface area (Å²) in [6, 6.07) is 6.07. The predicted molar refractivity (Wildman–Crippen MR) is 67.7 cm³/mol. The molecule has 2 rings (SSSR count). The number of hydrogen-bond donors (Lipinski definition) is 3. The van der Waals surface area contributed by atoms with Crippen molar-refractivity contribution in [3.05, 3.63) is 24.3 Å². The highest BCUT2D eigenvalue weighted by Gasteiger charge is 2.24. The minimum Gasteiger partial charge on any atom is -0.326 e. The number of rotatable bonds is 4. The van der Waals surface area contributed by atoms with Crippen LogP contribution in [0.5, 0.6) is 0 Å². The molecule has 1 heterocycles. The Labute approximate surface area is 106 Å². The number of nitrogens with one attached hydrogen (secondary N) is 3. The normalized spacial score (nSPS) is 16.1. The van der Waals surface area contributed by atoms with Gasteiger partial charge >= 0.3 is 0 Å². The van der Waals surface area contributed by atoms with E-state index in [1.165, 1.54) is 19.2 Å². The second-order valence-corrected chi connectivity index (χ2v) is 5.96. The molecule has 0 unspecified atom stereocenters. The van der Waals surface area contributed by atoms with Gasteiger partial charge in [0.25, 0.3) is 0 Å². The molecule has 0 aliphatic carbocycles. The summed E-state index contributed by atoms with van der Waals surface area (Å²) >= 11 is 0. The van der Waals surface area contributed by atoms with Gasteiger partial charge in [0.2, 0.25) is 15.9 Å². The van der Waals surface area contributed by atoms with Crippen molar-refractivity contribution in [2.45, 2.75) is 4.90 Å². The van der Waals surface area contributed by atoms with Gasteiger partial charge in [-0.25, -0.2) is 13.1 Å². The summed E-state index contributed by atoms with van der Waals surface area (Å²) in [5.74, 6) is -0.0382. The average Bonchev–Trinajstić information content (AvgIpc) is 2.27. The first-order valence-corrected chi connectivity index (χ1v) is 7.06. The summed E-state index contributed by atoms with van der Waals surface area (Å²) < 4.78 is 25.2. The summed E-state index contributed by atoms with van der Waals surface area (Å²) in [5, 5.41) is 5.76. The van der Waals surface area contributed by atoms with Crippen molar-refractivity contribution in [3.63, 3.8) is 0 Å². The SMILES string of the molecule is CNS(=O)(=O)c1ccc(NC(=O)C2CNC2)cc1. The minimum atomic E-state index is -3.43. The quantitative estimate of drug-likeness (QED) is 0.703. The number of carbonyl (C=O) groups excluding carboxylic acids is 1. The molecule has 1 aliphatic heterocycles. The van der Waals surface area contributed by atoms with Gasteiger partial charge in [-0.1, -0.05) is 0 Å². The number of benzene rings is 1. The lowest BCUT2D eigenvalue weighted by molar-refractivity contribution is -0.121. The van der Waals surface area contributed by atoms with Crippen LogP contribution in [-0.2, 0) is 14.8 Å². The number of amides is 1. The lowest BCUT2D eigenvalue weighted by Gasteiger charge is -2.25. The lowest BCUT2D eigenvalue weighted by Crippen LogP contribution is -2.48. The van der Waals surface area contributed by atoms with Gasteiger partial charge in [-0.05, 0) is 31.3 Å². The topological polar surface area (TPSA) is 87.3 Å². The molecule has 0 spiro atoms. The second kappa shape index (κ2) is 5.05. The highest BCUT2D eigenvalue weighted by molar-refractivity contribution is 7.89. The molecule has 1 aromatic rings. The Hall–Kier alpha value is -1.44. The van der Waals surface area contributed by atoms with E-state index in [1.54, 1.807) is 12.1 Å². The van der Waals surface area contributed by atoms with E-state index in [0.29, 0.717) is 18.8 Å². The molecule has 0 atom stereocenters. The maximum absolute atomic E-state index is 11.7. The van der Waals surface area contributed by atoms with Crippen LogP contribution < -0.4 is 15.4 Å². The highest BCUT2D eigenvalue weighted by Crippen LogP contribution is 2.15. The second-order valence-electron chi connectivity index (χ2n) is 4.08. The van der Waals surface area contributed by atoms with Gasteiger partial charge in [0, 0.05) is 18.8 Å². The van der Waals surface area contributed by atoms with E-state index in [9.17, 15) is 13.2 Å². The fourth-order valence-corrected chi connectivity index (χ4v) is 2.28. The Bertz CT molecular complexity index is 535. The Morgan fingerprint density at radius 2 is 1.89 bits per heavy atom. The van der Waals surface area contributed by atoms with Crippen molar-refractivity contribution in [2.24, 2.45) is 5.92 Å². The Morgan fingerprint density at radius 3 is 2.33 bits per heavy atom. The summed E-state index contributed by atoms with van der Waals surface area (Å²) in [4.78, 5) is 11.8. The van der Waals surface area contributed by atoms with Crippen molar-refractivity contribution in [1.82, 2.24) is 10.0 Å². The van der Waals surface area contributed by atoms with Gasteiger partial charge in [0.1, 0.15) is 0 Å². The maximum atomic E-state index is 11.7. The van der Waals surface area contributed by atoms with Crippen molar-refractivity contribution in [2.75, 3.05) is 25.5 Å². The highest BCUT2D eigenvalue weighted by atomic mass is 32.2. The Kier molecular flexibility index (Phi) is 3.65. The first-order valence-electron chi connectivity index (χ1n) is 5.58. The van der Waals surface area contributed by atoms with Crippen LogP contribution in [0.25, 0.3) is 0 Å². The zero-order valence-electron chi connectivity index (χ0n) is 9.93. The molecule has 1 saturated heterocycles. The number of anilines is 1. The third-order valence-corrected chi connectivity index (χ3v) is 4.28. The molecular formula is C11H15N3O3S. The Morgan fingerprint density at radius 1 is 1.28 bits per heavy atom. The Balaban J connectivity index is 2.06.